The van der Waals surface area contributed by atoms with Crippen molar-refractivity contribution in [3.8, 4) is 17.5 Å². The van der Waals surface area contributed by atoms with E-state index in [9.17, 15) is 4.79 Å². The van der Waals surface area contributed by atoms with Gasteiger partial charge in [-0.3, -0.25) is 4.79 Å². The molecule has 1 aliphatic heterocycles. The van der Waals surface area contributed by atoms with Gasteiger partial charge in [-0.15, -0.1) is 5.10 Å². The Kier molecular flexibility index (Phi) is 4.02. The summed E-state index contributed by atoms with van der Waals surface area (Å²) in [5.74, 6) is 1.41. The number of carbonyl (C=O) groups is 1. The van der Waals surface area contributed by atoms with Crippen LogP contribution in [-0.2, 0) is 4.79 Å². The van der Waals surface area contributed by atoms with Gasteiger partial charge in [0.1, 0.15) is 6.04 Å². The standard InChI is InChI=1S/C23H19N5O/c1-14-5-9-17(10-6-14)22-26-23-25-18-3-2-4-19(29)20(18)21(28(23)27-22)16-11-7-15(13-24)8-12-16/h5-12,21H,2-4H2,1H3,(H,25,26,27). The Hall–Kier alpha value is -3.72. The number of nitrogens with one attached hydrogen (secondary N) is 1. The molecule has 1 aromatic heterocycles. The van der Waals surface area contributed by atoms with E-state index in [1.54, 1.807) is 16.8 Å². The quantitative estimate of drug-likeness (QED) is 0.721. The molecular formula is C23H19N5O. The summed E-state index contributed by atoms with van der Waals surface area (Å²) in [5.41, 5.74) is 5.32. The van der Waals surface area contributed by atoms with Crippen LogP contribution in [0.5, 0.6) is 0 Å². The average molecular weight is 381 g/mol. The zero-order valence-corrected chi connectivity index (χ0v) is 16.0. The number of hydrogen-bond donors (Lipinski definition) is 1. The first kappa shape index (κ1) is 17.4. The largest absolute Gasteiger partial charge is 0.328 e. The molecule has 1 aliphatic carbocycles. The lowest BCUT2D eigenvalue weighted by Crippen LogP contribution is -2.31. The van der Waals surface area contributed by atoms with Crippen molar-refractivity contribution in [3.05, 3.63) is 76.5 Å². The molecule has 0 fully saturated rings. The van der Waals surface area contributed by atoms with Crippen LogP contribution in [-0.4, -0.2) is 20.5 Å². The van der Waals surface area contributed by atoms with Crippen molar-refractivity contribution in [1.82, 2.24) is 14.8 Å². The molecule has 2 heterocycles. The number of rotatable bonds is 2. The molecule has 0 bridgehead atoms. The smallest absolute Gasteiger partial charge is 0.226 e. The van der Waals surface area contributed by atoms with Gasteiger partial charge in [-0.1, -0.05) is 42.0 Å². The van der Waals surface area contributed by atoms with Crippen LogP contribution in [0.15, 0.2) is 59.8 Å². The van der Waals surface area contributed by atoms with Crippen LogP contribution < -0.4 is 5.32 Å². The van der Waals surface area contributed by atoms with E-state index in [-0.39, 0.29) is 11.8 Å². The zero-order valence-electron chi connectivity index (χ0n) is 16.0. The maximum Gasteiger partial charge on any atom is 0.226 e. The second-order valence-electron chi connectivity index (χ2n) is 7.50. The minimum Gasteiger partial charge on any atom is -0.328 e. The van der Waals surface area contributed by atoms with Gasteiger partial charge < -0.3 is 5.32 Å². The van der Waals surface area contributed by atoms with Crippen molar-refractivity contribution < 1.29 is 4.79 Å². The number of hydrogen-bond acceptors (Lipinski definition) is 5. The van der Waals surface area contributed by atoms with E-state index >= 15 is 0 Å². The number of allylic oxidation sites excluding steroid dienone is 2. The highest BCUT2D eigenvalue weighted by atomic mass is 16.1. The Balaban J connectivity index is 1.66. The van der Waals surface area contributed by atoms with Gasteiger partial charge in [0.2, 0.25) is 5.95 Å². The molecule has 2 aliphatic rings. The molecule has 5 rings (SSSR count). The molecule has 0 spiro atoms. The van der Waals surface area contributed by atoms with Crippen molar-refractivity contribution in [3.63, 3.8) is 0 Å². The van der Waals surface area contributed by atoms with Crippen molar-refractivity contribution in [2.45, 2.75) is 32.2 Å². The van der Waals surface area contributed by atoms with Crippen LogP contribution in [0.25, 0.3) is 11.4 Å². The van der Waals surface area contributed by atoms with E-state index in [1.807, 2.05) is 43.3 Å². The number of nitriles is 1. The summed E-state index contributed by atoms with van der Waals surface area (Å²) in [6.07, 6.45) is 2.20. The first-order chi connectivity index (χ1) is 14.1. The fourth-order valence-corrected chi connectivity index (χ4v) is 4.03. The van der Waals surface area contributed by atoms with Crippen LogP contribution in [0.2, 0.25) is 0 Å². The third kappa shape index (κ3) is 2.92. The van der Waals surface area contributed by atoms with Gasteiger partial charge in [0.15, 0.2) is 11.6 Å². The van der Waals surface area contributed by atoms with Crippen LogP contribution in [0.3, 0.4) is 0 Å². The van der Waals surface area contributed by atoms with Gasteiger partial charge in [0.05, 0.1) is 11.6 Å². The number of aromatic nitrogens is 3. The van der Waals surface area contributed by atoms with E-state index in [0.29, 0.717) is 23.8 Å². The molecular weight excluding hydrogens is 362 g/mol. The van der Waals surface area contributed by atoms with Crippen molar-refractivity contribution in [2.24, 2.45) is 0 Å². The van der Waals surface area contributed by atoms with Crippen molar-refractivity contribution >= 4 is 11.7 Å². The predicted octanol–water partition coefficient (Wildman–Crippen LogP) is 4.15. The highest BCUT2D eigenvalue weighted by molar-refractivity contribution is 5.99. The Morgan fingerprint density at radius 2 is 1.86 bits per heavy atom. The fourth-order valence-electron chi connectivity index (χ4n) is 4.03. The summed E-state index contributed by atoms with van der Waals surface area (Å²) in [7, 11) is 0. The highest BCUT2D eigenvalue weighted by Crippen LogP contribution is 2.40. The normalized spacial score (nSPS) is 17.9. The van der Waals surface area contributed by atoms with E-state index in [2.05, 4.69) is 11.4 Å². The van der Waals surface area contributed by atoms with Crippen LogP contribution in [0, 0.1) is 18.3 Å². The molecule has 1 unspecified atom stereocenters. The number of benzene rings is 2. The molecule has 1 N–H and O–H groups in total. The maximum absolute atomic E-state index is 12.8. The van der Waals surface area contributed by atoms with Gasteiger partial charge in [-0.05, 0) is 37.5 Å². The van der Waals surface area contributed by atoms with Gasteiger partial charge in [-0.25, -0.2) is 4.68 Å². The second kappa shape index (κ2) is 6.71. The summed E-state index contributed by atoms with van der Waals surface area (Å²) < 4.78 is 1.80. The first-order valence-corrected chi connectivity index (χ1v) is 9.71. The number of nitrogens with zero attached hydrogens (tertiary/aromatic N) is 4. The maximum atomic E-state index is 12.8. The van der Waals surface area contributed by atoms with E-state index in [0.717, 1.165) is 35.2 Å². The number of anilines is 1. The van der Waals surface area contributed by atoms with Gasteiger partial charge in [-0.2, -0.15) is 10.2 Å². The molecule has 0 saturated carbocycles. The summed E-state index contributed by atoms with van der Waals surface area (Å²) in [5, 5.41) is 17.2. The summed E-state index contributed by atoms with van der Waals surface area (Å²) >= 11 is 0. The van der Waals surface area contributed by atoms with Gasteiger partial charge >= 0.3 is 0 Å². The van der Waals surface area contributed by atoms with E-state index in [4.69, 9.17) is 15.3 Å². The van der Waals surface area contributed by atoms with Gasteiger partial charge in [0, 0.05) is 23.3 Å². The number of ketones is 1. The molecule has 29 heavy (non-hydrogen) atoms. The summed E-state index contributed by atoms with van der Waals surface area (Å²) in [6, 6.07) is 17.3. The number of Topliss-reactive ketones (excluding diaryl/α,β-unsaturated/α-hetero) is 1. The van der Waals surface area contributed by atoms with Crippen molar-refractivity contribution in [2.75, 3.05) is 5.32 Å². The molecule has 0 saturated heterocycles. The second-order valence-corrected chi connectivity index (χ2v) is 7.50. The number of fused-ring (bicyclic) bond motifs is 1. The molecule has 1 atom stereocenters. The Morgan fingerprint density at radius 3 is 2.59 bits per heavy atom. The Labute approximate surface area is 168 Å². The molecule has 6 heteroatoms. The Bertz CT molecular complexity index is 1180. The lowest BCUT2D eigenvalue weighted by atomic mass is 9.85. The van der Waals surface area contributed by atoms with Gasteiger partial charge in [0.25, 0.3) is 0 Å². The summed E-state index contributed by atoms with van der Waals surface area (Å²) in [4.78, 5) is 17.6. The fraction of sp³-hybridized carbons (Fsp3) is 0.217. The Morgan fingerprint density at radius 1 is 1.10 bits per heavy atom. The van der Waals surface area contributed by atoms with Crippen LogP contribution in [0.1, 0.15) is 42.0 Å². The average Bonchev–Trinajstić information content (AvgIpc) is 3.17. The molecule has 2 aromatic carbocycles. The third-order valence-corrected chi connectivity index (χ3v) is 5.53. The SMILES string of the molecule is Cc1ccc(-c2nc3n(n2)C(c2ccc(C#N)cc2)C2=C(CCCC2=O)N3)cc1. The molecule has 6 nitrogen and oxygen atoms in total. The molecule has 142 valence electrons. The van der Waals surface area contributed by atoms with Crippen LogP contribution >= 0.6 is 0 Å². The third-order valence-electron chi connectivity index (χ3n) is 5.53. The van der Waals surface area contributed by atoms with E-state index < -0.39 is 0 Å². The van der Waals surface area contributed by atoms with Crippen molar-refractivity contribution in [1.29, 1.82) is 5.26 Å². The highest BCUT2D eigenvalue weighted by Gasteiger charge is 2.36. The minimum absolute atomic E-state index is 0.145. The lowest BCUT2D eigenvalue weighted by Gasteiger charge is -2.32. The predicted molar refractivity (Wildman–Crippen MR) is 109 cm³/mol. The number of carbonyl (C=O) groups excluding carboxylic acids is 1. The summed E-state index contributed by atoms with van der Waals surface area (Å²) in [6.45, 7) is 2.04. The topological polar surface area (TPSA) is 83.6 Å². The first-order valence-electron chi connectivity index (χ1n) is 9.71. The molecule has 0 amide bonds. The van der Waals surface area contributed by atoms with E-state index in [1.165, 1.54) is 5.56 Å². The molecule has 0 radical (unpaired) electrons. The minimum atomic E-state index is -0.339. The zero-order chi connectivity index (χ0) is 20.0. The molecule has 3 aromatic rings. The number of aryl methyl sites for hydroxylation is 1. The lowest BCUT2D eigenvalue weighted by molar-refractivity contribution is -0.116. The van der Waals surface area contributed by atoms with Crippen LogP contribution in [0.4, 0.5) is 5.95 Å². The monoisotopic (exact) mass is 381 g/mol.